The molecule has 0 atom stereocenters. The van der Waals surface area contributed by atoms with Gasteiger partial charge in [0.05, 0.1) is 11.2 Å². The van der Waals surface area contributed by atoms with Gasteiger partial charge in [0.15, 0.2) is 0 Å². The van der Waals surface area contributed by atoms with E-state index in [1.807, 2.05) is 43.8 Å². The van der Waals surface area contributed by atoms with Gasteiger partial charge in [0, 0.05) is 47.1 Å². The molecule has 0 amide bonds. The highest BCUT2D eigenvalue weighted by Gasteiger charge is 2.18. The molecule has 1 fully saturated rings. The van der Waals surface area contributed by atoms with Crippen molar-refractivity contribution in [3.8, 4) is 11.1 Å². The van der Waals surface area contributed by atoms with Gasteiger partial charge in [-0.1, -0.05) is 35.0 Å². The number of nitrogens with zero attached hydrogens (tertiary/aromatic N) is 4. The molecule has 5 rings (SSSR count). The van der Waals surface area contributed by atoms with Crippen LogP contribution in [0.1, 0.15) is 17.0 Å². The molecular weight excluding hydrogens is 442 g/mol. The van der Waals surface area contributed by atoms with Crippen molar-refractivity contribution in [2.45, 2.75) is 20.4 Å². The van der Waals surface area contributed by atoms with Crippen LogP contribution in [0.3, 0.4) is 0 Å². The number of anilines is 2. The van der Waals surface area contributed by atoms with Crippen LogP contribution in [-0.2, 0) is 6.54 Å². The van der Waals surface area contributed by atoms with Crippen molar-refractivity contribution in [3.05, 3.63) is 64.5 Å². The van der Waals surface area contributed by atoms with E-state index in [0.29, 0.717) is 6.54 Å². The first kappa shape index (κ1) is 21.1. The Morgan fingerprint density at radius 3 is 2.69 bits per heavy atom. The number of aryl methyl sites for hydroxylation is 2. The molecule has 32 heavy (non-hydrogen) atoms. The summed E-state index contributed by atoms with van der Waals surface area (Å²) in [6, 6.07) is 14.1. The van der Waals surface area contributed by atoms with Crippen LogP contribution in [0, 0.1) is 13.8 Å². The molecule has 0 bridgehead atoms. The second-order valence-electron chi connectivity index (χ2n) is 7.89. The Kier molecular flexibility index (Phi) is 5.93. The lowest BCUT2D eigenvalue weighted by atomic mass is 10.0. The molecule has 164 valence electrons. The first-order valence-corrected chi connectivity index (χ1v) is 12.2. The third-order valence-corrected chi connectivity index (χ3v) is 6.83. The maximum absolute atomic E-state index is 6.18. The molecule has 1 aliphatic rings. The van der Waals surface area contributed by atoms with Gasteiger partial charge in [-0.3, -0.25) is 0 Å². The van der Waals surface area contributed by atoms with Crippen LogP contribution in [0.2, 0.25) is 5.02 Å². The monoisotopic (exact) mass is 465 g/mol. The Bertz CT molecular complexity index is 1250. The van der Waals surface area contributed by atoms with Gasteiger partial charge in [0.25, 0.3) is 0 Å². The second kappa shape index (κ2) is 9.00. The lowest BCUT2D eigenvalue weighted by Crippen LogP contribution is -2.34. The van der Waals surface area contributed by atoms with E-state index in [1.54, 1.807) is 0 Å². The highest BCUT2D eigenvalue weighted by molar-refractivity contribution is 7.99. The third-order valence-electron chi connectivity index (χ3n) is 5.65. The fraction of sp³-hybridized carbons (Fsp3) is 0.292. The molecule has 0 radical (unpaired) electrons. The molecule has 2 aromatic carbocycles. The Morgan fingerprint density at radius 2 is 1.94 bits per heavy atom. The molecule has 3 heterocycles. The van der Waals surface area contributed by atoms with Gasteiger partial charge in [-0.05, 0) is 49.2 Å². The average Bonchev–Trinajstić information content (AvgIpc) is 3.15. The summed E-state index contributed by atoms with van der Waals surface area (Å²) < 4.78 is 5.39. The van der Waals surface area contributed by atoms with Gasteiger partial charge in [-0.25, -0.2) is 4.98 Å². The zero-order valence-electron chi connectivity index (χ0n) is 18.1. The molecule has 0 spiro atoms. The van der Waals surface area contributed by atoms with E-state index in [4.69, 9.17) is 26.1 Å². The summed E-state index contributed by atoms with van der Waals surface area (Å²) in [6.07, 6.45) is 0. The molecule has 0 saturated carbocycles. The number of hydrogen-bond donors (Lipinski definition) is 1. The van der Waals surface area contributed by atoms with E-state index in [0.717, 1.165) is 80.4 Å². The molecule has 2 aromatic heterocycles. The van der Waals surface area contributed by atoms with Gasteiger partial charge in [-0.2, -0.15) is 16.7 Å². The number of hydrogen-bond acceptors (Lipinski definition) is 7. The quantitative estimate of drug-likeness (QED) is 0.404. The smallest absolute Gasteiger partial charge is 0.227 e. The maximum atomic E-state index is 6.18. The van der Waals surface area contributed by atoms with Gasteiger partial charge in [0.2, 0.25) is 5.95 Å². The van der Waals surface area contributed by atoms with Crippen LogP contribution in [0.25, 0.3) is 22.0 Å². The summed E-state index contributed by atoms with van der Waals surface area (Å²) in [4.78, 5) is 12.1. The molecular formula is C24H24ClN5OS. The molecule has 6 nitrogen and oxygen atoms in total. The number of thioether (sulfide) groups is 1. The fourth-order valence-corrected chi connectivity index (χ4v) is 5.16. The van der Waals surface area contributed by atoms with Gasteiger partial charge in [-0.15, -0.1) is 0 Å². The number of aromatic nitrogens is 3. The number of rotatable bonds is 5. The Morgan fingerprint density at radius 1 is 1.09 bits per heavy atom. The van der Waals surface area contributed by atoms with Crippen molar-refractivity contribution in [2.75, 3.05) is 34.8 Å². The van der Waals surface area contributed by atoms with Gasteiger partial charge < -0.3 is 14.7 Å². The lowest BCUT2D eigenvalue weighted by molar-refractivity contribution is 0.393. The van der Waals surface area contributed by atoms with E-state index in [-0.39, 0.29) is 0 Å². The number of fused-ring (bicyclic) bond motifs is 1. The minimum absolute atomic E-state index is 0.623. The van der Waals surface area contributed by atoms with Crippen LogP contribution in [0.15, 0.2) is 47.0 Å². The van der Waals surface area contributed by atoms with Crippen LogP contribution in [0.4, 0.5) is 11.8 Å². The van der Waals surface area contributed by atoms with Gasteiger partial charge in [0.1, 0.15) is 11.6 Å². The van der Waals surface area contributed by atoms with Crippen LogP contribution in [0.5, 0.6) is 0 Å². The highest BCUT2D eigenvalue weighted by Crippen LogP contribution is 2.33. The first-order chi connectivity index (χ1) is 15.6. The van der Waals surface area contributed by atoms with E-state index < -0.39 is 0 Å². The Balaban J connectivity index is 1.58. The fourth-order valence-electron chi connectivity index (χ4n) is 4.04. The summed E-state index contributed by atoms with van der Waals surface area (Å²) in [6.45, 7) is 6.44. The van der Waals surface area contributed by atoms with Crippen molar-refractivity contribution in [2.24, 2.45) is 0 Å². The van der Waals surface area contributed by atoms with E-state index in [9.17, 15) is 0 Å². The van der Waals surface area contributed by atoms with Crippen molar-refractivity contribution in [1.82, 2.24) is 15.1 Å². The van der Waals surface area contributed by atoms with E-state index in [2.05, 4.69) is 39.6 Å². The van der Waals surface area contributed by atoms with Crippen molar-refractivity contribution in [1.29, 1.82) is 0 Å². The van der Waals surface area contributed by atoms with Crippen LogP contribution in [-0.4, -0.2) is 39.7 Å². The standard InChI is InChI=1S/C24H24ClN5OS/c1-15-22(16(2)31-29-15)18-6-7-21-20(13-18)23(26-14-17-4-3-5-19(25)12-17)28-24(27-21)30-8-10-32-11-9-30/h3-7,12-13H,8-11,14H2,1-2H3,(H,26,27,28). The topological polar surface area (TPSA) is 67.1 Å². The normalized spacial score (nSPS) is 14.2. The second-order valence-corrected chi connectivity index (χ2v) is 9.55. The first-order valence-electron chi connectivity index (χ1n) is 10.6. The zero-order valence-corrected chi connectivity index (χ0v) is 19.6. The summed E-state index contributed by atoms with van der Waals surface area (Å²) in [5.41, 5.74) is 4.95. The molecule has 1 aliphatic heterocycles. The van der Waals surface area contributed by atoms with Crippen LogP contribution < -0.4 is 10.2 Å². The number of halogens is 1. The van der Waals surface area contributed by atoms with Crippen molar-refractivity contribution >= 4 is 46.0 Å². The molecule has 8 heteroatoms. The van der Waals surface area contributed by atoms with Crippen molar-refractivity contribution < 1.29 is 4.52 Å². The summed E-state index contributed by atoms with van der Waals surface area (Å²) in [5.74, 6) is 4.59. The summed E-state index contributed by atoms with van der Waals surface area (Å²) >= 11 is 8.15. The number of nitrogens with one attached hydrogen (secondary N) is 1. The maximum Gasteiger partial charge on any atom is 0.227 e. The minimum Gasteiger partial charge on any atom is -0.365 e. The third kappa shape index (κ3) is 4.27. The SMILES string of the molecule is Cc1noc(C)c1-c1ccc2nc(N3CCSCC3)nc(NCc3cccc(Cl)c3)c2c1. The van der Waals surface area contributed by atoms with Crippen LogP contribution >= 0.6 is 23.4 Å². The summed E-state index contributed by atoms with van der Waals surface area (Å²) in [5, 5.41) is 9.34. The van der Waals surface area contributed by atoms with E-state index >= 15 is 0 Å². The summed E-state index contributed by atoms with van der Waals surface area (Å²) in [7, 11) is 0. The average molecular weight is 466 g/mol. The predicted octanol–water partition coefficient (Wildman–Crippen LogP) is 5.72. The Labute approximate surface area is 196 Å². The molecule has 1 saturated heterocycles. The van der Waals surface area contributed by atoms with Crippen molar-refractivity contribution in [3.63, 3.8) is 0 Å². The molecule has 4 aromatic rings. The minimum atomic E-state index is 0.623. The van der Waals surface area contributed by atoms with Gasteiger partial charge >= 0.3 is 0 Å². The number of benzene rings is 2. The highest BCUT2D eigenvalue weighted by atomic mass is 35.5. The predicted molar refractivity (Wildman–Crippen MR) is 133 cm³/mol. The molecule has 0 aliphatic carbocycles. The largest absolute Gasteiger partial charge is 0.365 e. The molecule has 1 N–H and O–H groups in total. The zero-order chi connectivity index (χ0) is 22.1. The lowest BCUT2D eigenvalue weighted by Gasteiger charge is -2.27. The Hall–Kier alpha value is -2.77. The van der Waals surface area contributed by atoms with E-state index in [1.165, 1.54) is 0 Å². The molecule has 0 unspecified atom stereocenters.